The minimum atomic E-state index is -0.428. The first-order valence-electron chi connectivity index (χ1n) is 16.9. The standard InChI is InChI=1S/C46H33N3/c1-5-16-33(17-6-1)43-47-44(34-18-7-2-8-19-34)49-45(48-43)35-30-28-32(29-31-35)38-25-15-27-41-42(38)39-24-13-14-26-40(39)46(41,36-20-9-3-10-21-36)37-22-11-4-12-23-37/h1-18,20-31,34H,19H2. The Hall–Kier alpha value is -6.19. The Morgan fingerprint density at radius 1 is 0.449 bits per heavy atom. The Kier molecular flexibility index (Phi) is 7.17. The van der Waals surface area contributed by atoms with Gasteiger partial charge in [-0.15, -0.1) is 0 Å². The number of benzene rings is 6. The molecule has 9 rings (SSSR count). The van der Waals surface area contributed by atoms with Crippen LogP contribution in [0.1, 0.15) is 40.4 Å². The maximum atomic E-state index is 5.02. The Labute approximate surface area is 287 Å². The number of hydrogen-bond donors (Lipinski definition) is 0. The highest BCUT2D eigenvalue weighted by Crippen LogP contribution is 2.58. The lowest BCUT2D eigenvalue weighted by atomic mass is 9.67. The maximum Gasteiger partial charge on any atom is 0.163 e. The van der Waals surface area contributed by atoms with Crippen LogP contribution in [0.3, 0.4) is 0 Å². The average Bonchev–Trinajstić information content (AvgIpc) is 3.50. The monoisotopic (exact) mass is 627 g/mol. The number of fused-ring (bicyclic) bond motifs is 3. The van der Waals surface area contributed by atoms with Gasteiger partial charge in [0.05, 0.1) is 5.41 Å². The summed E-state index contributed by atoms with van der Waals surface area (Å²) in [6.07, 6.45) is 9.38. The van der Waals surface area contributed by atoms with Crippen molar-refractivity contribution in [2.75, 3.05) is 0 Å². The van der Waals surface area contributed by atoms with Crippen molar-refractivity contribution < 1.29 is 0 Å². The molecule has 0 saturated carbocycles. The first kappa shape index (κ1) is 29.0. The summed E-state index contributed by atoms with van der Waals surface area (Å²) in [6.45, 7) is 0. The SMILES string of the molecule is C1=CCC(c2nc(-c3ccccc3)nc(-c3ccc(-c4cccc5c4-c4ccccc4C5(c4ccccc4)c4ccccc4)cc3)n2)C=C1. The molecule has 2 aliphatic rings. The van der Waals surface area contributed by atoms with Crippen LogP contribution >= 0.6 is 0 Å². The summed E-state index contributed by atoms with van der Waals surface area (Å²) in [4.78, 5) is 14.9. The number of allylic oxidation sites excluding steroid dienone is 4. The zero-order chi connectivity index (χ0) is 32.6. The molecule has 6 aromatic carbocycles. The minimum absolute atomic E-state index is 0.120. The van der Waals surface area contributed by atoms with E-state index in [1.807, 2.05) is 18.2 Å². The normalized spacial score (nSPS) is 15.5. The highest BCUT2D eigenvalue weighted by molar-refractivity contribution is 5.95. The molecule has 0 spiro atoms. The van der Waals surface area contributed by atoms with Crippen LogP contribution in [0.4, 0.5) is 0 Å². The fourth-order valence-electron chi connectivity index (χ4n) is 7.71. The third-order valence-corrected chi connectivity index (χ3v) is 9.93. The molecule has 0 saturated heterocycles. The molecule has 0 N–H and O–H groups in total. The lowest BCUT2D eigenvalue weighted by molar-refractivity contribution is 0.764. The minimum Gasteiger partial charge on any atom is -0.212 e. The van der Waals surface area contributed by atoms with Crippen molar-refractivity contribution in [3.8, 4) is 45.0 Å². The van der Waals surface area contributed by atoms with Crippen molar-refractivity contribution in [2.24, 2.45) is 0 Å². The lowest BCUT2D eigenvalue weighted by Gasteiger charge is -2.34. The van der Waals surface area contributed by atoms with E-state index in [4.69, 9.17) is 15.0 Å². The molecule has 0 radical (unpaired) electrons. The first-order chi connectivity index (χ1) is 24.3. The van der Waals surface area contributed by atoms with Gasteiger partial charge >= 0.3 is 0 Å². The van der Waals surface area contributed by atoms with Crippen LogP contribution in [0.15, 0.2) is 182 Å². The summed E-state index contributed by atoms with van der Waals surface area (Å²) < 4.78 is 0. The molecule has 232 valence electrons. The van der Waals surface area contributed by atoms with Crippen LogP contribution in [0.5, 0.6) is 0 Å². The molecule has 3 heteroatoms. The van der Waals surface area contributed by atoms with Gasteiger partial charge in [-0.3, -0.25) is 0 Å². The van der Waals surface area contributed by atoms with Gasteiger partial charge in [-0.2, -0.15) is 0 Å². The molecule has 7 aromatic rings. The Morgan fingerprint density at radius 3 is 1.65 bits per heavy atom. The largest absolute Gasteiger partial charge is 0.212 e. The zero-order valence-corrected chi connectivity index (χ0v) is 26.9. The van der Waals surface area contributed by atoms with Gasteiger partial charge in [-0.05, 0) is 50.9 Å². The van der Waals surface area contributed by atoms with E-state index in [2.05, 4.69) is 164 Å². The van der Waals surface area contributed by atoms with Gasteiger partial charge in [-0.1, -0.05) is 182 Å². The topological polar surface area (TPSA) is 38.7 Å². The molecule has 0 bridgehead atoms. The van der Waals surface area contributed by atoms with Gasteiger partial charge in [0.15, 0.2) is 11.6 Å². The van der Waals surface area contributed by atoms with Crippen molar-refractivity contribution in [3.63, 3.8) is 0 Å². The van der Waals surface area contributed by atoms with E-state index in [-0.39, 0.29) is 5.92 Å². The molecule has 1 aromatic heterocycles. The van der Waals surface area contributed by atoms with Crippen LogP contribution in [0.25, 0.3) is 45.0 Å². The quantitative estimate of drug-likeness (QED) is 0.184. The van der Waals surface area contributed by atoms with Crippen molar-refractivity contribution >= 4 is 0 Å². The Morgan fingerprint density at radius 2 is 1.00 bits per heavy atom. The Balaban J connectivity index is 1.19. The molecule has 3 nitrogen and oxygen atoms in total. The second kappa shape index (κ2) is 12.1. The highest BCUT2D eigenvalue weighted by Gasteiger charge is 2.46. The fourth-order valence-corrected chi connectivity index (χ4v) is 7.71. The van der Waals surface area contributed by atoms with Gasteiger partial charge < -0.3 is 0 Å². The summed E-state index contributed by atoms with van der Waals surface area (Å²) >= 11 is 0. The second-order valence-corrected chi connectivity index (χ2v) is 12.7. The second-order valence-electron chi connectivity index (χ2n) is 12.7. The first-order valence-corrected chi connectivity index (χ1v) is 16.9. The zero-order valence-electron chi connectivity index (χ0n) is 26.9. The molecule has 0 fully saturated rings. The van der Waals surface area contributed by atoms with Gasteiger partial charge in [-0.25, -0.2) is 15.0 Å². The van der Waals surface area contributed by atoms with E-state index in [1.165, 1.54) is 38.9 Å². The molecule has 2 aliphatic carbocycles. The van der Waals surface area contributed by atoms with E-state index in [0.29, 0.717) is 11.6 Å². The lowest BCUT2D eigenvalue weighted by Crippen LogP contribution is -2.28. The van der Waals surface area contributed by atoms with Gasteiger partial charge in [0, 0.05) is 17.0 Å². The van der Waals surface area contributed by atoms with Crippen LogP contribution in [0, 0.1) is 0 Å². The van der Waals surface area contributed by atoms with E-state index in [9.17, 15) is 0 Å². The van der Waals surface area contributed by atoms with E-state index < -0.39 is 5.41 Å². The van der Waals surface area contributed by atoms with Gasteiger partial charge in [0.2, 0.25) is 0 Å². The maximum absolute atomic E-state index is 5.02. The van der Waals surface area contributed by atoms with Crippen molar-refractivity contribution in [2.45, 2.75) is 17.8 Å². The van der Waals surface area contributed by atoms with E-state index >= 15 is 0 Å². The number of hydrogen-bond acceptors (Lipinski definition) is 3. The molecule has 1 unspecified atom stereocenters. The predicted molar refractivity (Wildman–Crippen MR) is 199 cm³/mol. The summed E-state index contributed by atoms with van der Waals surface area (Å²) in [7, 11) is 0. The predicted octanol–water partition coefficient (Wildman–Crippen LogP) is 10.8. The molecule has 49 heavy (non-hydrogen) atoms. The van der Waals surface area contributed by atoms with Gasteiger partial charge in [0.1, 0.15) is 5.82 Å². The third-order valence-electron chi connectivity index (χ3n) is 9.93. The van der Waals surface area contributed by atoms with Crippen LogP contribution in [0.2, 0.25) is 0 Å². The van der Waals surface area contributed by atoms with E-state index in [1.54, 1.807) is 0 Å². The smallest absolute Gasteiger partial charge is 0.163 e. The van der Waals surface area contributed by atoms with Crippen LogP contribution < -0.4 is 0 Å². The van der Waals surface area contributed by atoms with Crippen LogP contribution in [-0.2, 0) is 5.41 Å². The molecular weight excluding hydrogens is 595 g/mol. The summed E-state index contributed by atoms with van der Waals surface area (Å²) in [5.74, 6) is 2.30. The summed E-state index contributed by atoms with van der Waals surface area (Å²) in [5, 5.41) is 0. The number of nitrogens with zero attached hydrogens (tertiary/aromatic N) is 3. The van der Waals surface area contributed by atoms with E-state index in [0.717, 1.165) is 28.9 Å². The van der Waals surface area contributed by atoms with Gasteiger partial charge in [0.25, 0.3) is 0 Å². The molecule has 0 amide bonds. The molecular formula is C46H33N3. The van der Waals surface area contributed by atoms with Crippen molar-refractivity contribution in [1.82, 2.24) is 15.0 Å². The molecule has 1 atom stereocenters. The summed E-state index contributed by atoms with van der Waals surface area (Å²) in [5.41, 5.74) is 11.6. The molecule has 0 aliphatic heterocycles. The number of aromatic nitrogens is 3. The summed E-state index contributed by atoms with van der Waals surface area (Å²) in [6, 6.07) is 56.5. The van der Waals surface area contributed by atoms with Crippen molar-refractivity contribution in [1.29, 1.82) is 0 Å². The fraction of sp³-hybridized carbons (Fsp3) is 0.0652. The number of rotatable bonds is 6. The Bertz CT molecular complexity index is 2300. The highest BCUT2D eigenvalue weighted by atomic mass is 15.0. The average molecular weight is 628 g/mol. The molecule has 1 heterocycles. The third kappa shape index (κ3) is 4.86. The van der Waals surface area contributed by atoms with Crippen molar-refractivity contribution in [3.05, 3.63) is 210 Å². The van der Waals surface area contributed by atoms with Crippen LogP contribution in [-0.4, -0.2) is 15.0 Å².